The van der Waals surface area contributed by atoms with Crippen molar-refractivity contribution < 1.29 is 14.3 Å². The predicted octanol–water partition coefficient (Wildman–Crippen LogP) is 2.88. The van der Waals surface area contributed by atoms with E-state index in [4.69, 9.17) is 4.74 Å². The smallest absolute Gasteiger partial charge is 0.308 e. The van der Waals surface area contributed by atoms with E-state index in [9.17, 15) is 9.59 Å². The first-order valence-corrected chi connectivity index (χ1v) is 5.76. The highest BCUT2D eigenvalue weighted by molar-refractivity contribution is 6.08. The van der Waals surface area contributed by atoms with E-state index in [-0.39, 0.29) is 5.78 Å². The van der Waals surface area contributed by atoms with Crippen molar-refractivity contribution in [2.45, 2.75) is 20.3 Å². The average molecular weight is 242 g/mol. The van der Waals surface area contributed by atoms with Crippen LogP contribution in [-0.2, 0) is 14.3 Å². The quantitative estimate of drug-likeness (QED) is 0.455. The summed E-state index contributed by atoms with van der Waals surface area (Å²) in [6, 6.07) is 9.20. The Labute approximate surface area is 106 Å². The lowest BCUT2D eigenvalue weighted by atomic mass is 10.1. The van der Waals surface area contributed by atoms with Crippen LogP contribution in [0.25, 0.3) is 5.76 Å². The van der Waals surface area contributed by atoms with Gasteiger partial charge in [-0.3, -0.25) is 9.59 Å². The number of hydrogen-bond donors (Lipinski definition) is 0. The van der Waals surface area contributed by atoms with Gasteiger partial charge in [0.15, 0.2) is 5.78 Å². The Bertz CT molecular complexity index is 550. The van der Waals surface area contributed by atoms with Crippen LogP contribution in [0.2, 0.25) is 0 Å². The molecule has 0 amide bonds. The van der Waals surface area contributed by atoms with Gasteiger partial charge in [-0.2, -0.15) is 0 Å². The fourth-order valence-corrected chi connectivity index (χ4v) is 1.92. The average Bonchev–Trinajstić information content (AvgIpc) is 2.66. The second-order valence-corrected chi connectivity index (χ2v) is 4.29. The molecule has 3 heteroatoms. The van der Waals surface area contributed by atoms with Crippen LogP contribution in [0, 0.1) is 0 Å². The highest BCUT2D eigenvalue weighted by atomic mass is 16.5. The van der Waals surface area contributed by atoms with Crippen molar-refractivity contribution in [1.82, 2.24) is 0 Å². The summed E-state index contributed by atoms with van der Waals surface area (Å²) in [6.45, 7) is 3.22. The Morgan fingerprint density at radius 1 is 1.22 bits per heavy atom. The van der Waals surface area contributed by atoms with E-state index in [0.29, 0.717) is 17.8 Å². The molecule has 0 N–H and O–H groups in total. The number of allylic oxidation sites excluding steroid dienone is 3. The van der Waals surface area contributed by atoms with Gasteiger partial charge in [0.05, 0.1) is 5.57 Å². The molecule has 0 aromatic heterocycles. The fraction of sp³-hybridized carbons (Fsp3) is 0.200. The third-order valence-corrected chi connectivity index (χ3v) is 2.66. The number of benzene rings is 1. The first-order chi connectivity index (χ1) is 8.58. The van der Waals surface area contributed by atoms with Crippen LogP contribution in [0.5, 0.6) is 0 Å². The number of rotatable bonds is 2. The minimum atomic E-state index is -0.424. The maximum atomic E-state index is 11.9. The van der Waals surface area contributed by atoms with E-state index in [0.717, 1.165) is 11.1 Å². The Morgan fingerprint density at radius 3 is 2.39 bits per heavy atom. The van der Waals surface area contributed by atoms with Gasteiger partial charge in [-0.1, -0.05) is 35.9 Å². The van der Waals surface area contributed by atoms with Crippen LogP contribution >= 0.6 is 0 Å². The minimum Gasteiger partial charge on any atom is -0.425 e. The maximum absolute atomic E-state index is 11.9. The summed E-state index contributed by atoms with van der Waals surface area (Å²) in [4.78, 5) is 23.1. The van der Waals surface area contributed by atoms with Crippen molar-refractivity contribution >= 4 is 17.5 Å². The molecule has 2 rings (SSSR count). The summed E-state index contributed by atoms with van der Waals surface area (Å²) in [5.41, 5.74) is 2.20. The molecule has 1 aliphatic carbocycles. The van der Waals surface area contributed by atoms with Gasteiger partial charge >= 0.3 is 5.97 Å². The molecule has 0 spiro atoms. The largest absolute Gasteiger partial charge is 0.425 e. The fourth-order valence-electron chi connectivity index (χ4n) is 1.92. The molecule has 3 nitrogen and oxygen atoms in total. The topological polar surface area (TPSA) is 43.4 Å². The molecule has 18 heavy (non-hydrogen) atoms. The number of ketones is 1. The maximum Gasteiger partial charge on any atom is 0.308 e. The molecule has 1 aromatic carbocycles. The van der Waals surface area contributed by atoms with Crippen LogP contribution < -0.4 is 0 Å². The molecule has 0 aliphatic heterocycles. The van der Waals surface area contributed by atoms with Crippen LogP contribution in [0.15, 0.2) is 47.6 Å². The van der Waals surface area contributed by atoms with Crippen molar-refractivity contribution in [3.63, 3.8) is 0 Å². The molecule has 1 aromatic rings. The molecule has 1 aliphatic rings. The second kappa shape index (κ2) is 5.00. The van der Waals surface area contributed by atoms with Gasteiger partial charge in [0, 0.05) is 18.9 Å². The minimum absolute atomic E-state index is 0.00685. The summed E-state index contributed by atoms with van der Waals surface area (Å²) in [7, 11) is 0. The van der Waals surface area contributed by atoms with E-state index in [1.54, 1.807) is 6.08 Å². The molecule has 0 atom stereocenters. The summed E-state index contributed by atoms with van der Waals surface area (Å²) < 4.78 is 5.21. The number of Topliss-reactive ketones (excluding diaryl/α,β-unsaturated/α-hetero) is 1. The van der Waals surface area contributed by atoms with Gasteiger partial charge in [-0.05, 0) is 13.0 Å². The number of carbonyl (C=O) groups is 2. The number of ether oxygens (including phenoxy) is 1. The van der Waals surface area contributed by atoms with Gasteiger partial charge in [-0.15, -0.1) is 0 Å². The van der Waals surface area contributed by atoms with Gasteiger partial charge in [-0.25, -0.2) is 0 Å². The summed E-state index contributed by atoms with van der Waals surface area (Å²) >= 11 is 0. The predicted molar refractivity (Wildman–Crippen MR) is 68.5 cm³/mol. The highest BCUT2D eigenvalue weighted by Crippen LogP contribution is 2.28. The third-order valence-electron chi connectivity index (χ3n) is 2.66. The lowest BCUT2D eigenvalue weighted by molar-refractivity contribution is -0.134. The molecule has 0 heterocycles. The van der Waals surface area contributed by atoms with Gasteiger partial charge in [0.1, 0.15) is 5.76 Å². The Morgan fingerprint density at radius 2 is 1.89 bits per heavy atom. The zero-order valence-electron chi connectivity index (χ0n) is 10.4. The van der Waals surface area contributed by atoms with E-state index in [1.807, 2.05) is 37.3 Å². The zero-order chi connectivity index (χ0) is 13.1. The van der Waals surface area contributed by atoms with Gasteiger partial charge in [0.25, 0.3) is 0 Å². The van der Waals surface area contributed by atoms with Gasteiger partial charge < -0.3 is 4.74 Å². The van der Waals surface area contributed by atoms with E-state index in [2.05, 4.69) is 0 Å². The normalized spacial score (nSPS) is 17.4. The molecule has 0 radical (unpaired) electrons. The third kappa shape index (κ3) is 2.56. The molecule has 0 unspecified atom stereocenters. The number of hydrogen-bond acceptors (Lipinski definition) is 3. The van der Waals surface area contributed by atoms with E-state index < -0.39 is 5.97 Å². The number of esters is 1. The lowest BCUT2D eigenvalue weighted by Gasteiger charge is -2.09. The van der Waals surface area contributed by atoms with Crippen LogP contribution in [0.4, 0.5) is 0 Å². The van der Waals surface area contributed by atoms with Gasteiger partial charge in [0.2, 0.25) is 0 Å². The summed E-state index contributed by atoms with van der Waals surface area (Å²) in [5, 5.41) is 0. The molecule has 92 valence electrons. The first-order valence-electron chi connectivity index (χ1n) is 5.76. The van der Waals surface area contributed by atoms with E-state index in [1.165, 1.54) is 6.92 Å². The standard InChI is InChI=1S/C15H14O3/c1-10-8-13(14(17)9-10)15(18-11(2)16)12-6-4-3-5-7-12/h3-8H,9H2,1-2H3/b15-13-. The SMILES string of the molecule is CC(=O)O/C(=C1/C=C(C)CC1=O)c1ccccc1. The molecule has 0 fully saturated rings. The second-order valence-electron chi connectivity index (χ2n) is 4.29. The highest BCUT2D eigenvalue weighted by Gasteiger charge is 2.23. The Balaban J connectivity index is 2.53. The number of carbonyl (C=O) groups excluding carboxylic acids is 2. The van der Waals surface area contributed by atoms with Crippen molar-refractivity contribution in [3.05, 3.63) is 53.1 Å². The van der Waals surface area contributed by atoms with Crippen molar-refractivity contribution in [1.29, 1.82) is 0 Å². The first kappa shape index (κ1) is 12.3. The van der Waals surface area contributed by atoms with Crippen LogP contribution in [0.1, 0.15) is 25.8 Å². The Hall–Kier alpha value is -2.16. The summed E-state index contributed by atoms with van der Waals surface area (Å²) in [6.07, 6.45) is 2.18. The molecule has 0 bridgehead atoms. The molecular formula is C15H14O3. The van der Waals surface area contributed by atoms with Crippen LogP contribution in [-0.4, -0.2) is 11.8 Å². The summed E-state index contributed by atoms with van der Waals surface area (Å²) in [5.74, 6) is -0.0790. The van der Waals surface area contributed by atoms with Crippen molar-refractivity contribution in [2.24, 2.45) is 0 Å². The molecular weight excluding hydrogens is 228 g/mol. The Kier molecular flexibility index (Phi) is 3.42. The molecule has 0 saturated heterocycles. The zero-order valence-corrected chi connectivity index (χ0v) is 10.4. The molecule has 0 saturated carbocycles. The lowest BCUT2D eigenvalue weighted by Crippen LogP contribution is -2.05. The van der Waals surface area contributed by atoms with Crippen molar-refractivity contribution in [3.8, 4) is 0 Å². The van der Waals surface area contributed by atoms with E-state index >= 15 is 0 Å². The monoisotopic (exact) mass is 242 g/mol. The van der Waals surface area contributed by atoms with Crippen LogP contribution in [0.3, 0.4) is 0 Å². The van der Waals surface area contributed by atoms with Crippen molar-refractivity contribution in [2.75, 3.05) is 0 Å².